The number of unbranched alkanes of at least 4 members (excludes halogenated alkanes) is 3. The highest BCUT2D eigenvalue weighted by Gasteiger charge is 2.55. The Kier molecular flexibility index (Phi) is 15.6. The van der Waals surface area contributed by atoms with Crippen molar-refractivity contribution >= 4 is 35.5 Å². The molecular weight excluding hydrogens is 630 g/mol. The van der Waals surface area contributed by atoms with Crippen molar-refractivity contribution in [2.45, 2.75) is 101 Å². The number of rotatable bonds is 17. The van der Waals surface area contributed by atoms with Crippen LogP contribution in [0.4, 0.5) is 4.79 Å². The predicted molar refractivity (Wildman–Crippen MR) is 164 cm³/mol. The molecule has 0 bridgehead atoms. The molecule has 0 aromatic heterocycles. The highest BCUT2D eigenvalue weighted by atomic mass is 35.5. The fraction of sp³-hybridized carbons (Fsp3) is 0.667. The zero-order chi connectivity index (χ0) is 34.5. The third-order valence-electron chi connectivity index (χ3n) is 6.96. The number of aliphatic hydroxyl groups is 4. The van der Waals surface area contributed by atoms with E-state index in [0.717, 1.165) is 0 Å². The van der Waals surface area contributed by atoms with Crippen LogP contribution in [0.2, 0.25) is 5.02 Å². The summed E-state index contributed by atoms with van der Waals surface area (Å²) in [4.78, 5) is 48.5. The molecule has 0 radical (unpaired) electrons. The number of amides is 3. The van der Waals surface area contributed by atoms with Crippen molar-refractivity contribution in [3.63, 3.8) is 0 Å². The van der Waals surface area contributed by atoms with Crippen LogP contribution in [0.5, 0.6) is 0 Å². The SMILES string of the molecule is CC(C)(C)OC(=O)NCCCCCCO[C@]1(C(=O)O)C[C@H](O)[C@@H](NC(=O)CO)[C@H]([C@H](O)[C@H](O)CNC(=O)Cc2ccc(Cl)cc2)O1. The summed E-state index contributed by atoms with van der Waals surface area (Å²) in [5.74, 6) is -5.49. The Morgan fingerprint density at radius 2 is 1.70 bits per heavy atom. The van der Waals surface area contributed by atoms with Crippen molar-refractivity contribution in [3.05, 3.63) is 34.9 Å². The fourth-order valence-electron chi connectivity index (χ4n) is 4.68. The monoisotopic (exact) mass is 675 g/mol. The Labute approximate surface area is 272 Å². The first-order valence-electron chi connectivity index (χ1n) is 15.0. The number of alkyl carbamates (subject to hydrolysis) is 1. The van der Waals surface area contributed by atoms with Crippen LogP contribution in [0.1, 0.15) is 58.4 Å². The molecular formula is C30H46ClN3O12. The number of hydrogen-bond acceptors (Lipinski definition) is 11. The molecule has 0 spiro atoms. The highest BCUT2D eigenvalue weighted by Crippen LogP contribution is 2.34. The van der Waals surface area contributed by atoms with Gasteiger partial charge >= 0.3 is 12.1 Å². The van der Waals surface area contributed by atoms with E-state index in [2.05, 4.69) is 16.0 Å². The summed E-state index contributed by atoms with van der Waals surface area (Å²) in [5.41, 5.74) is 0.0331. The minimum absolute atomic E-state index is 0.0516. The van der Waals surface area contributed by atoms with Crippen LogP contribution in [-0.4, -0.2) is 118 Å². The van der Waals surface area contributed by atoms with Gasteiger partial charge in [0.1, 0.15) is 24.4 Å². The number of benzene rings is 1. The summed E-state index contributed by atoms with van der Waals surface area (Å²) in [6, 6.07) is 5.07. The molecule has 0 unspecified atom stereocenters. The van der Waals surface area contributed by atoms with E-state index in [1.54, 1.807) is 45.0 Å². The van der Waals surface area contributed by atoms with E-state index in [4.69, 9.17) is 25.8 Å². The van der Waals surface area contributed by atoms with Gasteiger partial charge in [-0.2, -0.15) is 0 Å². The van der Waals surface area contributed by atoms with Gasteiger partial charge in [0.15, 0.2) is 0 Å². The number of halogens is 1. The average molecular weight is 676 g/mol. The Hall–Kier alpha value is -3.05. The summed E-state index contributed by atoms with van der Waals surface area (Å²) in [7, 11) is 0. The topological polar surface area (TPSA) is 233 Å². The molecule has 1 heterocycles. The number of ether oxygens (including phenoxy) is 3. The van der Waals surface area contributed by atoms with Crippen LogP contribution in [0.3, 0.4) is 0 Å². The second kappa shape index (κ2) is 18.3. The number of carbonyl (C=O) groups is 4. The molecule has 1 aromatic rings. The molecule has 15 nitrogen and oxygen atoms in total. The zero-order valence-electron chi connectivity index (χ0n) is 26.2. The van der Waals surface area contributed by atoms with Crippen molar-refractivity contribution < 1.29 is 58.9 Å². The molecule has 6 atom stereocenters. The van der Waals surface area contributed by atoms with Gasteiger partial charge in [-0.15, -0.1) is 0 Å². The van der Waals surface area contributed by atoms with Crippen molar-refractivity contribution in [2.75, 3.05) is 26.3 Å². The zero-order valence-corrected chi connectivity index (χ0v) is 27.0. The number of carboxylic acid groups (broad SMARTS) is 1. The number of nitrogens with one attached hydrogen (secondary N) is 3. The molecule has 260 valence electrons. The second-order valence-corrected chi connectivity index (χ2v) is 12.5. The molecule has 16 heteroatoms. The molecule has 1 saturated heterocycles. The molecule has 3 amide bonds. The van der Waals surface area contributed by atoms with Crippen LogP contribution >= 0.6 is 11.6 Å². The second-order valence-electron chi connectivity index (χ2n) is 12.0. The standard InChI is InChI=1S/C30H46ClN3O12/c1-29(2,3)46-28(43)32-12-6-4-5-7-13-44-30(27(41)42)15-20(36)24(34-23(39)17-35)26(45-30)25(40)21(37)16-33-22(38)14-18-8-10-19(31)11-9-18/h8-11,20-21,24-26,35-37,40H,4-7,12-17H2,1-3H3,(H,32,43)(H,33,38)(H,34,39)(H,41,42)/t20-,21+,24+,25+,26+,30+/m0/s1. The summed E-state index contributed by atoms with van der Waals surface area (Å²) in [5, 5.41) is 59.7. The fourth-order valence-corrected chi connectivity index (χ4v) is 4.80. The van der Waals surface area contributed by atoms with E-state index in [9.17, 15) is 44.7 Å². The number of carbonyl (C=O) groups excluding carboxylic acids is 3. The molecule has 1 aromatic carbocycles. The number of aliphatic carboxylic acids is 1. The van der Waals surface area contributed by atoms with Crippen LogP contribution in [0.15, 0.2) is 24.3 Å². The van der Waals surface area contributed by atoms with Crippen LogP contribution in [-0.2, 0) is 35.0 Å². The number of hydrogen-bond donors (Lipinski definition) is 8. The molecule has 2 rings (SSSR count). The van der Waals surface area contributed by atoms with E-state index >= 15 is 0 Å². The van der Waals surface area contributed by atoms with Crippen molar-refractivity contribution in [3.8, 4) is 0 Å². The third-order valence-corrected chi connectivity index (χ3v) is 7.21. The summed E-state index contributed by atoms with van der Waals surface area (Å²) >= 11 is 5.85. The molecule has 46 heavy (non-hydrogen) atoms. The van der Waals surface area contributed by atoms with Gasteiger partial charge in [-0.05, 0) is 51.3 Å². The maximum Gasteiger partial charge on any atom is 0.407 e. The first kappa shape index (κ1) is 39.1. The summed E-state index contributed by atoms with van der Waals surface area (Å²) in [6.07, 6.45) is -5.92. The smallest absolute Gasteiger partial charge is 0.407 e. The lowest BCUT2D eigenvalue weighted by molar-refractivity contribution is -0.310. The van der Waals surface area contributed by atoms with E-state index in [-0.39, 0.29) is 13.0 Å². The molecule has 0 aliphatic carbocycles. The lowest BCUT2D eigenvalue weighted by Gasteiger charge is -2.46. The van der Waals surface area contributed by atoms with Gasteiger partial charge in [0.2, 0.25) is 11.8 Å². The van der Waals surface area contributed by atoms with Crippen LogP contribution in [0.25, 0.3) is 0 Å². The van der Waals surface area contributed by atoms with E-state index in [1.807, 2.05) is 0 Å². The van der Waals surface area contributed by atoms with Gasteiger partial charge in [0.05, 0.1) is 31.3 Å². The molecule has 1 aliphatic rings. The maximum absolute atomic E-state index is 12.4. The first-order valence-corrected chi connectivity index (χ1v) is 15.4. The molecule has 0 saturated carbocycles. The van der Waals surface area contributed by atoms with Crippen LogP contribution < -0.4 is 16.0 Å². The van der Waals surface area contributed by atoms with Gasteiger partial charge in [-0.1, -0.05) is 36.6 Å². The van der Waals surface area contributed by atoms with Crippen molar-refractivity contribution in [1.29, 1.82) is 0 Å². The Bertz CT molecular complexity index is 1150. The summed E-state index contributed by atoms with van der Waals surface area (Å²) < 4.78 is 16.5. The normalized spacial score (nSPS) is 22.7. The largest absolute Gasteiger partial charge is 0.477 e. The van der Waals surface area contributed by atoms with Crippen molar-refractivity contribution in [1.82, 2.24) is 16.0 Å². The van der Waals surface area contributed by atoms with E-state index in [0.29, 0.717) is 42.8 Å². The third kappa shape index (κ3) is 13.0. The molecule has 1 fully saturated rings. The number of carboxylic acids is 1. The summed E-state index contributed by atoms with van der Waals surface area (Å²) in [6.45, 7) is 4.09. The first-order chi connectivity index (χ1) is 21.6. The van der Waals surface area contributed by atoms with Crippen molar-refractivity contribution in [2.24, 2.45) is 0 Å². The lowest BCUT2D eigenvalue weighted by atomic mass is 9.88. The Balaban J connectivity index is 1.99. The van der Waals surface area contributed by atoms with E-state index in [1.165, 1.54) is 0 Å². The van der Waals surface area contributed by atoms with Gasteiger partial charge in [-0.3, -0.25) is 9.59 Å². The molecule has 8 N–H and O–H groups in total. The van der Waals surface area contributed by atoms with Gasteiger partial charge in [0, 0.05) is 24.5 Å². The van der Waals surface area contributed by atoms with Gasteiger partial charge < -0.3 is 55.7 Å². The van der Waals surface area contributed by atoms with E-state index < -0.39 is 85.3 Å². The Morgan fingerprint density at radius 1 is 1.04 bits per heavy atom. The highest BCUT2D eigenvalue weighted by molar-refractivity contribution is 6.30. The van der Waals surface area contributed by atoms with Crippen LogP contribution in [0, 0.1) is 0 Å². The lowest BCUT2D eigenvalue weighted by Crippen LogP contribution is -2.68. The quantitative estimate of drug-likeness (QED) is 0.104. The average Bonchev–Trinajstić information content (AvgIpc) is 2.98. The number of aliphatic hydroxyl groups excluding tert-OH is 4. The predicted octanol–water partition coefficient (Wildman–Crippen LogP) is 0.230. The minimum atomic E-state index is -2.44. The van der Waals surface area contributed by atoms with Gasteiger partial charge in [0.25, 0.3) is 5.79 Å². The van der Waals surface area contributed by atoms with Gasteiger partial charge in [-0.25, -0.2) is 9.59 Å². The Morgan fingerprint density at radius 3 is 2.30 bits per heavy atom. The minimum Gasteiger partial charge on any atom is -0.477 e. The maximum atomic E-state index is 12.4. The molecule has 1 aliphatic heterocycles.